The number of hydrogen-bond acceptors (Lipinski definition) is 1. The van der Waals surface area contributed by atoms with Crippen molar-refractivity contribution >= 4 is 12.0 Å². The molecule has 0 aromatic heterocycles. The average molecular weight is 218 g/mol. The first-order valence-electron chi connectivity index (χ1n) is 5.61. The van der Waals surface area contributed by atoms with Crippen molar-refractivity contribution in [3.05, 3.63) is 42.0 Å². The summed E-state index contributed by atoms with van der Waals surface area (Å²) in [7, 11) is 0. The lowest BCUT2D eigenvalue weighted by molar-refractivity contribution is -0.141. The SMILES string of the molecule is CC[C@@H](C)[C@@H](/C=C/c1ccccc1)C(=O)O. The Hall–Kier alpha value is -1.57. The van der Waals surface area contributed by atoms with Crippen molar-refractivity contribution < 1.29 is 9.90 Å². The fourth-order valence-electron chi connectivity index (χ4n) is 1.55. The average Bonchev–Trinajstić information content (AvgIpc) is 2.30. The highest BCUT2D eigenvalue weighted by atomic mass is 16.4. The molecule has 1 aromatic rings. The monoisotopic (exact) mass is 218 g/mol. The zero-order valence-corrected chi connectivity index (χ0v) is 9.76. The Balaban J connectivity index is 2.76. The van der Waals surface area contributed by atoms with Gasteiger partial charge in [0, 0.05) is 0 Å². The van der Waals surface area contributed by atoms with E-state index in [0.717, 1.165) is 12.0 Å². The second kappa shape index (κ2) is 6.11. The van der Waals surface area contributed by atoms with Crippen LogP contribution in [0, 0.1) is 11.8 Å². The van der Waals surface area contributed by atoms with Crippen LogP contribution in [0.25, 0.3) is 6.08 Å². The Kier molecular flexibility index (Phi) is 4.77. The maximum atomic E-state index is 11.1. The molecular formula is C14H18O2. The van der Waals surface area contributed by atoms with Gasteiger partial charge in [-0.05, 0) is 11.5 Å². The minimum absolute atomic E-state index is 0.164. The zero-order valence-electron chi connectivity index (χ0n) is 9.76. The molecule has 1 N–H and O–H groups in total. The van der Waals surface area contributed by atoms with Crippen molar-refractivity contribution in [1.82, 2.24) is 0 Å². The minimum Gasteiger partial charge on any atom is -0.481 e. The van der Waals surface area contributed by atoms with E-state index in [2.05, 4.69) is 0 Å². The van der Waals surface area contributed by atoms with Crippen molar-refractivity contribution in [1.29, 1.82) is 0 Å². The molecule has 2 nitrogen and oxygen atoms in total. The molecule has 2 heteroatoms. The maximum Gasteiger partial charge on any atom is 0.310 e. The second-order valence-electron chi connectivity index (χ2n) is 4.02. The second-order valence-corrected chi connectivity index (χ2v) is 4.02. The van der Waals surface area contributed by atoms with Crippen LogP contribution < -0.4 is 0 Å². The molecule has 0 aliphatic carbocycles. The number of hydrogen-bond donors (Lipinski definition) is 1. The van der Waals surface area contributed by atoms with Gasteiger partial charge in [-0.15, -0.1) is 0 Å². The van der Waals surface area contributed by atoms with Gasteiger partial charge >= 0.3 is 5.97 Å². The number of carboxylic acids is 1. The van der Waals surface area contributed by atoms with Gasteiger partial charge in [0.25, 0.3) is 0 Å². The highest BCUT2D eigenvalue weighted by Crippen LogP contribution is 2.18. The van der Waals surface area contributed by atoms with Gasteiger partial charge in [-0.2, -0.15) is 0 Å². The summed E-state index contributed by atoms with van der Waals surface area (Å²) in [6.45, 7) is 3.98. The summed E-state index contributed by atoms with van der Waals surface area (Å²) < 4.78 is 0. The summed E-state index contributed by atoms with van der Waals surface area (Å²) in [4.78, 5) is 11.1. The van der Waals surface area contributed by atoms with Crippen LogP contribution in [0.1, 0.15) is 25.8 Å². The fourth-order valence-corrected chi connectivity index (χ4v) is 1.55. The highest BCUT2D eigenvalue weighted by molar-refractivity contribution is 5.74. The topological polar surface area (TPSA) is 37.3 Å². The first-order chi connectivity index (χ1) is 7.65. The quantitative estimate of drug-likeness (QED) is 0.821. The van der Waals surface area contributed by atoms with E-state index in [4.69, 9.17) is 5.11 Å². The summed E-state index contributed by atoms with van der Waals surface area (Å²) >= 11 is 0. The molecule has 16 heavy (non-hydrogen) atoms. The third-order valence-corrected chi connectivity index (χ3v) is 2.84. The van der Waals surface area contributed by atoms with Crippen LogP contribution in [0.3, 0.4) is 0 Å². The molecule has 0 amide bonds. The van der Waals surface area contributed by atoms with Crippen LogP contribution >= 0.6 is 0 Å². The Bertz CT molecular complexity index is 354. The molecule has 0 unspecified atom stereocenters. The van der Waals surface area contributed by atoms with E-state index in [1.54, 1.807) is 6.08 Å². The van der Waals surface area contributed by atoms with Gasteiger partial charge in [0.15, 0.2) is 0 Å². The largest absolute Gasteiger partial charge is 0.481 e. The van der Waals surface area contributed by atoms with E-state index < -0.39 is 11.9 Å². The van der Waals surface area contributed by atoms with Gasteiger partial charge in [0.2, 0.25) is 0 Å². The normalized spacial score (nSPS) is 14.9. The van der Waals surface area contributed by atoms with Gasteiger partial charge < -0.3 is 5.11 Å². The molecule has 0 saturated heterocycles. The summed E-state index contributed by atoms with van der Waals surface area (Å²) in [6, 6.07) is 9.76. The predicted molar refractivity (Wildman–Crippen MR) is 66.1 cm³/mol. The number of rotatable bonds is 5. The van der Waals surface area contributed by atoms with Crippen LogP contribution in [0.5, 0.6) is 0 Å². The molecule has 86 valence electrons. The smallest absolute Gasteiger partial charge is 0.310 e. The van der Waals surface area contributed by atoms with Crippen molar-refractivity contribution in [2.45, 2.75) is 20.3 Å². The summed E-state index contributed by atoms with van der Waals surface area (Å²) in [5, 5.41) is 9.10. The molecule has 0 radical (unpaired) electrons. The molecule has 2 atom stereocenters. The van der Waals surface area contributed by atoms with E-state index in [1.165, 1.54) is 0 Å². The van der Waals surface area contributed by atoms with Crippen LogP contribution in [0.2, 0.25) is 0 Å². The number of carboxylic acid groups (broad SMARTS) is 1. The fraction of sp³-hybridized carbons (Fsp3) is 0.357. The third kappa shape index (κ3) is 3.54. The molecule has 1 aromatic carbocycles. The Morgan fingerprint density at radius 1 is 1.38 bits per heavy atom. The van der Waals surface area contributed by atoms with E-state index in [-0.39, 0.29) is 5.92 Å². The van der Waals surface area contributed by atoms with E-state index >= 15 is 0 Å². The summed E-state index contributed by atoms with van der Waals surface area (Å²) in [6.07, 6.45) is 4.53. The highest BCUT2D eigenvalue weighted by Gasteiger charge is 2.19. The first kappa shape index (κ1) is 12.5. The Labute approximate surface area is 96.6 Å². The van der Waals surface area contributed by atoms with Gasteiger partial charge in [0.05, 0.1) is 5.92 Å². The molecule has 0 spiro atoms. The minimum atomic E-state index is -0.749. The molecular weight excluding hydrogens is 200 g/mol. The van der Waals surface area contributed by atoms with Crippen molar-refractivity contribution in [3.63, 3.8) is 0 Å². The van der Waals surface area contributed by atoms with Gasteiger partial charge in [-0.3, -0.25) is 4.79 Å². The lowest BCUT2D eigenvalue weighted by atomic mass is 9.91. The Morgan fingerprint density at radius 3 is 2.50 bits per heavy atom. The van der Waals surface area contributed by atoms with Gasteiger partial charge in [-0.1, -0.05) is 62.8 Å². The molecule has 0 aliphatic rings. The van der Waals surface area contributed by atoms with Crippen molar-refractivity contribution in [3.8, 4) is 0 Å². The molecule has 0 bridgehead atoms. The lowest BCUT2D eigenvalue weighted by Crippen LogP contribution is -2.18. The maximum absolute atomic E-state index is 11.1. The number of carbonyl (C=O) groups is 1. The first-order valence-corrected chi connectivity index (χ1v) is 5.61. The van der Waals surface area contributed by atoms with Crippen LogP contribution in [0.15, 0.2) is 36.4 Å². The number of benzene rings is 1. The standard InChI is InChI=1S/C14H18O2/c1-3-11(2)13(14(15)16)10-9-12-7-5-4-6-8-12/h4-11,13H,3H2,1-2H3,(H,15,16)/b10-9+/t11-,13-/m1/s1. The van der Waals surface area contributed by atoms with Crippen molar-refractivity contribution in [2.24, 2.45) is 11.8 Å². The van der Waals surface area contributed by atoms with Crippen LogP contribution in [-0.2, 0) is 4.79 Å². The lowest BCUT2D eigenvalue weighted by Gasteiger charge is -2.14. The zero-order chi connectivity index (χ0) is 12.0. The van der Waals surface area contributed by atoms with Crippen LogP contribution in [0.4, 0.5) is 0 Å². The molecule has 1 rings (SSSR count). The molecule has 0 heterocycles. The van der Waals surface area contributed by atoms with Gasteiger partial charge in [-0.25, -0.2) is 0 Å². The Morgan fingerprint density at radius 2 is 2.00 bits per heavy atom. The van der Waals surface area contributed by atoms with E-state index in [1.807, 2.05) is 50.3 Å². The van der Waals surface area contributed by atoms with Gasteiger partial charge in [0.1, 0.15) is 0 Å². The summed E-state index contributed by atoms with van der Waals surface area (Å²) in [5.41, 5.74) is 1.04. The predicted octanol–water partition coefficient (Wildman–Crippen LogP) is 3.45. The number of aliphatic carboxylic acids is 1. The van der Waals surface area contributed by atoms with E-state index in [9.17, 15) is 4.79 Å². The van der Waals surface area contributed by atoms with Crippen LogP contribution in [-0.4, -0.2) is 11.1 Å². The molecule has 0 fully saturated rings. The van der Waals surface area contributed by atoms with E-state index in [0.29, 0.717) is 0 Å². The third-order valence-electron chi connectivity index (χ3n) is 2.84. The molecule has 0 saturated carbocycles. The summed E-state index contributed by atoms with van der Waals surface area (Å²) in [5.74, 6) is -0.982. The molecule has 0 aliphatic heterocycles. The van der Waals surface area contributed by atoms with Crippen molar-refractivity contribution in [2.75, 3.05) is 0 Å².